The van der Waals surface area contributed by atoms with E-state index < -0.39 is 0 Å². The number of aryl methyl sites for hydroxylation is 2. The first kappa shape index (κ1) is 20.3. The first-order chi connectivity index (χ1) is 13.5. The molecule has 148 valence electrons. The van der Waals surface area contributed by atoms with E-state index in [1.807, 2.05) is 66.9 Å². The zero-order valence-electron chi connectivity index (χ0n) is 16.5. The maximum absolute atomic E-state index is 12.6. The molecule has 0 spiro atoms. The van der Waals surface area contributed by atoms with Gasteiger partial charge in [0.25, 0.3) is 5.91 Å². The monoisotopic (exact) mass is 397 g/mol. The lowest BCUT2D eigenvalue weighted by Gasteiger charge is -2.26. The summed E-state index contributed by atoms with van der Waals surface area (Å²) in [7, 11) is 0. The zero-order valence-corrected chi connectivity index (χ0v) is 17.3. The predicted molar refractivity (Wildman–Crippen MR) is 116 cm³/mol. The molecule has 2 aromatic carbocycles. The van der Waals surface area contributed by atoms with E-state index in [9.17, 15) is 9.59 Å². The Morgan fingerprint density at radius 3 is 2.57 bits per heavy atom. The molecule has 0 aromatic heterocycles. The molecule has 1 aliphatic rings. The topological polar surface area (TPSA) is 61.4 Å². The van der Waals surface area contributed by atoms with Gasteiger partial charge in [-0.1, -0.05) is 29.8 Å². The van der Waals surface area contributed by atoms with E-state index in [2.05, 4.69) is 16.7 Å². The molecule has 5 nitrogen and oxygen atoms in total. The normalized spacial score (nSPS) is 13.9. The minimum atomic E-state index is -0.0631. The van der Waals surface area contributed by atoms with Gasteiger partial charge in [0.05, 0.1) is 6.54 Å². The molecule has 0 bridgehead atoms. The molecule has 2 aromatic rings. The van der Waals surface area contributed by atoms with E-state index in [4.69, 9.17) is 0 Å². The minimum absolute atomic E-state index is 0.0631. The Kier molecular flexibility index (Phi) is 6.98. The Morgan fingerprint density at radius 2 is 1.86 bits per heavy atom. The van der Waals surface area contributed by atoms with Crippen LogP contribution < -0.4 is 10.6 Å². The van der Waals surface area contributed by atoms with Crippen LogP contribution in [-0.2, 0) is 11.3 Å². The summed E-state index contributed by atoms with van der Waals surface area (Å²) in [6, 6.07) is 13.7. The summed E-state index contributed by atoms with van der Waals surface area (Å²) >= 11 is 1.89. The van der Waals surface area contributed by atoms with Crippen molar-refractivity contribution in [2.75, 3.05) is 36.5 Å². The SMILES string of the molecule is Cc1cccc(CNC(=O)CNc2ccc(C(=O)N3CCSCC3)cc2C)c1. The molecule has 0 radical (unpaired) electrons. The van der Waals surface area contributed by atoms with Crippen molar-refractivity contribution in [2.24, 2.45) is 0 Å². The number of rotatable bonds is 6. The average molecular weight is 398 g/mol. The van der Waals surface area contributed by atoms with Crippen molar-refractivity contribution in [1.29, 1.82) is 0 Å². The van der Waals surface area contributed by atoms with E-state index in [0.717, 1.165) is 41.4 Å². The molecule has 6 heteroatoms. The van der Waals surface area contributed by atoms with Gasteiger partial charge in [-0.05, 0) is 43.2 Å². The van der Waals surface area contributed by atoms with Crippen LogP contribution in [0.2, 0.25) is 0 Å². The van der Waals surface area contributed by atoms with Gasteiger partial charge in [-0.3, -0.25) is 9.59 Å². The molecule has 1 saturated heterocycles. The third-order valence-electron chi connectivity index (χ3n) is 4.78. The summed E-state index contributed by atoms with van der Waals surface area (Å²) in [5.41, 5.74) is 4.81. The Morgan fingerprint density at radius 1 is 1.07 bits per heavy atom. The summed E-state index contributed by atoms with van der Waals surface area (Å²) in [5.74, 6) is 2.03. The molecule has 1 aliphatic heterocycles. The summed E-state index contributed by atoms with van der Waals surface area (Å²) < 4.78 is 0. The van der Waals surface area contributed by atoms with Crippen LogP contribution >= 0.6 is 11.8 Å². The van der Waals surface area contributed by atoms with Gasteiger partial charge in [-0.25, -0.2) is 0 Å². The van der Waals surface area contributed by atoms with Crippen LogP contribution in [0.4, 0.5) is 5.69 Å². The fraction of sp³-hybridized carbons (Fsp3) is 0.364. The number of hydrogen-bond donors (Lipinski definition) is 2. The van der Waals surface area contributed by atoms with Crippen LogP contribution in [-0.4, -0.2) is 47.9 Å². The summed E-state index contributed by atoms with van der Waals surface area (Å²) in [6.07, 6.45) is 0. The number of carbonyl (C=O) groups excluding carboxylic acids is 2. The zero-order chi connectivity index (χ0) is 19.9. The van der Waals surface area contributed by atoms with Crippen molar-refractivity contribution >= 4 is 29.3 Å². The lowest BCUT2D eigenvalue weighted by molar-refractivity contribution is -0.119. The Labute approximate surface area is 170 Å². The molecule has 2 N–H and O–H groups in total. The van der Waals surface area contributed by atoms with Gasteiger partial charge in [0, 0.05) is 42.4 Å². The van der Waals surface area contributed by atoms with Crippen molar-refractivity contribution < 1.29 is 9.59 Å². The summed E-state index contributed by atoms with van der Waals surface area (Å²) in [5, 5.41) is 6.09. The molecule has 1 fully saturated rings. The van der Waals surface area contributed by atoms with Gasteiger partial charge in [0.1, 0.15) is 0 Å². The Bertz CT molecular complexity index is 847. The lowest BCUT2D eigenvalue weighted by atomic mass is 10.1. The molecule has 0 aliphatic carbocycles. The van der Waals surface area contributed by atoms with E-state index in [0.29, 0.717) is 12.1 Å². The highest BCUT2D eigenvalue weighted by atomic mass is 32.2. The van der Waals surface area contributed by atoms with Crippen LogP contribution in [0.3, 0.4) is 0 Å². The van der Waals surface area contributed by atoms with Gasteiger partial charge in [0.2, 0.25) is 5.91 Å². The van der Waals surface area contributed by atoms with Gasteiger partial charge in [0.15, 0.2) is 0 Å². The van der Waals surface area contributed by atoms with E-state index in [1.54, 1.807) is 0 Å². The van der Waals surface area contributed by atoms with Crippen molar-refractivity contribution in [3.8, 4) is 0 Å². The highest BCUT2D eigenvalue weighted by molar-refractivity contribution is 7.99. The number of amides is 2. The first-order valence-electron chi connectivity index (χ1n) is 9.57. The second kappa shape index (κ2) is 9.64. The lowest BCUT2D eigenvalue weighted by Crippen LogP contribution is -2.37. The molecule has 0 atom stereocenters. The number of anilines is 1. The number of thioether (sulfide) groups is 1. The second-order valence-corrected chi connectivity index (χ2v) is 8.28. The fourth-order valence-electron chi connectivity index (χ4n) is 3.20. The molecular weight excluding hydrogens is 370 g/mol. The summed E-state index contributed by atoms with van der Waals surface area (Å²) in [6.45, 7) is 6.32. The number of nitrogens with zero attached hydrogens (tertiary/aromatic N) is 1. The maximum atomic E-state index is 12.6. The summed E-state index contributed by atoms with van der Waals surface area (Å²) in [4.78, 5) is 26.7. The number of hydrogen-bond acceptors (Lipinski definition) is 4. The standard InChI is InChI=1S/C22H27N3O2S/c1-16-4-3-5-18(12-16)14-24-21(26)15-23-20-7-6-19(13-17(20)2)22(27)25-8-10-28-11-9-25/h3-7,12-13,23H,8-11,14-15H2,1-2H3,(H,24,26). The Balaban J connectivity index is 1.51. The second-order valence-electron chi connectivity index (χ2n) is 7.05. The predicted octanol–water partition coefficient (Wildman–Crippen LogP) is 3.22. The van der Waals surface area contributed by atoms with Crippen molar-refractivity contribution in [2.45, 2.75) is 20.4 Å². The van der Waals surface area contributed by atoms with Gasteiger partial charge < -0.3 is 15.5 Å². The maximum Gasteiger partial charge on any atom is 0.253 e. The number of carbonyl (C=O) groups is 2. The molecule has 0 saturated carbocycles. The van der Waals surface area contributed by atoms with Crippen LogP contribution in [0.5, 0.6) is 0 Å². The highest BCUT2D eigenvalue weighted by Gasteiger charge is 2.18. The first-order valence-corrected chi connectivity index (χ1v) is 10.7. The van der Waals surface area contributed by atoms with Gasteiger partial charge >= 0.3 is 0 Å². The minimum Gasteiger partial charge on any atom is -0.376 e. The van der Waals surface area contributed by atoms with E-state index >= 15 is 0 Å². The Hall–Kier alpha value is -2.47. The highest BCUT2D eigenvalue weighted by Crippen LogP contribution is 2.19. The van der Waals surface area contributed by atoms with E-state index in [1.165, 1.54) is 5.56 Å². The molecule has 0 unspecified atom stereocenters. The van der Waals surface area contributed by atoms with Crippen LogP contribution in [0, 0.1) is 13.8 Å². The van der Waals surface area contributed by atoms with Gasteiger partial charge in [-0.15, -0.1) is 0 Å². The number of benzene rings is 2. The van der Waals surface area contributed by atoms with Gasteiger partial charge in [-0.2, -0.15) is 11.8 Å². The van der Waals surface area contributed by atoms with Crippen molar-refractivity contribution in [3.63, 3.8) is 0 Å². The third-order valence-corrected chi connectivity index (χ3v) is 5.73. The fourth-order valence-corrected chi connectivity index (χ4v) is 4.11. The smallest absolute Gasteiger partial charge is 0.253 e. The molecule has 1 heterocycles. The van der Waals surface area contributed by atoms with Crippen LogP contribution in [0.1, 0.15) is 27.0 Å². The molecule has 2 amide bonds. The molecular formula is C22H27N3O2S. The third kappa shape index (κ3) is 5.52. The molecule has 28 heavy (non-hydrogen) atoms. The average Bonchev–Trinajstić information content (AvgIpc) is 2.71. The van der Waals surface area contributed by atoms with Crippen LogP contribution in [0.25, 0.3) is 0 Å². The van der Waals surface area contributed by atoms with Crippen LogP contribution in [0.15, 0.2) is 42.5 Å². The largest absolute Gasteiger partial charge is 0.376 e. The molecule has 3 rings (SSSR count). The number of nitrogens with one attached hydrogen (secondary N) is 2. The quantitative estimate of drug-likeness (QED) is 0.786. The van der Waals surface area contributed by atoms with Crippen molar-refractivity contribution in [1.82, 2.24) is 10.2 Å². The van der Waals surface area contributed by atoms with Crippen molar-refractivity contribution in [3.05, 3.63) is 64.7 Å². The van der Waals surface area contributed by atoms with E-state index in [-0.39, 0.29) is 18.4 Å².